The minimum absolute atomic E-state index is 0.0690. The van der Waals surface area contributed by atoms with Crippen molar-refractivity contribution in [2.24, 2.45) is 0 Å². The highest BCUT2D eigenvalue weighted by atomic mass is 16.5. The lowest BCUT2D eigenvalue weighted by atomic mass is 10.1. The molecule has 3 heterocycles. The maximum Gasteiger partial charge on any atom is 0.246 e. The smallest absolute Gasteiger partial charge is 0.246 e. The van der Waals surface area contributed by atoms with Gasteiger partial charge in [-0.1, -0.05) is 24.3 Å². The largest absolute Gasteiger partial charge is 0.379 e. The standard InChI is InChI=1S/C19H26N6O2/c26-18(24-8-2-1-3-9-24)15-25-21-19(20-22-25)17-6-4-16(5-7-17)14-23-10-12-27-13-11-23/h4-7H,1-3,8-15H2. The molecule has 0 aliphatic carbocycles. The Labute approximate surface area is 159 Å². The summed E-state index contributed by atoms with van der Waals surface area (Å²) < 4.78 is 5.39. The third-order valence-corrected chi connectivity index (χ3v) is 5.16. The number of hydrogen-bond donors (Lipinski definition) is 0. The molecule has 0 unspecified atom stereocenters. The Bertz CT molecular complexity index is 748. The highest BCUT2D eigenvalue weighted by Crippen LogP contribution is 2.16. The summed E-state index contributed by atoms with van der Waals surface area (Å²) in [6, 6.07) is 8.24. The molecule has 1 aromatic heterocycles. The van der Waals surface area contributed by atoms with E-state index in [-0.39, 0.29) is 12.5 Å². The lowest BCUT2D eigenvalue weighted by Gasteiger charge is -2.26. The van der Waals surface area contributed by atoms with Gasteiger partial charge in [-0.05, 0) is 30.0 Å². The van der Waals surface area contributed by atoms with Crippen molar-refractivity contribution in [3.05, 3.63) is 29.8 Å². The summed E-state index contributed by atoms with van der Waals surface area (Å²) >= 11 is 0. The summed E-state index contributed by atoms with van der Waals surface area (Å²) in [6.45, 7) is 6.32. The SMILES string of the molecule is O=C(Cn1nnc(-c2ccc(CN3CCOCC3)cc2)n1)N1CCCCC1. The van der Waals surface area contributed by atoms with Crippen LogP contribution in [0.15, 0.2) is 24.3 Å². The lowest BCUT2D eigenvalue weighted by molar-refractivity contribution is -0.133. The van der Waals surface area contributed by atoms with Gasteiger partial charge in [0.2, 0.25) is 11.7 Å². The number of likely N-dealkylation sites (tertiary alicyclic amines) is 1. The molecule has 0 spiro atoms. The van der Waals surface area contributed by atoms with E-state index in [4.69, 9.17) is 4.74 Å². The number of carbonyl (C=O) groups is 1. The minimum Gasteiger partial charge on any atom is -0.379 e. The number of piperidine rings is 1. The van der Waals surface area contributed by atoms with Crippen molar-refractivity contribution in [1.82, 2.24) is 30.0 Å². The van der Waals surface area contributed by atoms with Gasteiger partial charge in [0.05, 0.1) is 13.2 Å². The fraction of sp³-hybridized carbons (Fsp3) is 0.579. The molecular formula is C19H26N6O2. The van der Waals surface area contributed by atoms with Gasteiger partial charge in [0.25, 0.3) is 0 Å². The average molecular weight is 370 g/mol. The molecule has 0 saturated carbocycles. The molecule has 2 aromatic rings. The van der Waals surface area contributed by atoms with Crippen LogP contribution >= 0.6 is 0 Å². The number of nitrogens with zero attached hydrogens (tertiary/aromatic N) is 6. The quantitative estimate of drug-likeness (QED) is 0.787. The first kappa shape index (κ1) is 18.1. The van der Waals surface area contributed by atoms with Crippen LogP contribution in [-0.4, -0.2) is 75.3 Å². The van der Waals surface area contributed by atoms with Crippen LogP contribution in [0.4, 0.5) is 0 Å². The van der Waals surface area contributed by atoms with E-state index in [1.807, 2.05) is 17.0 Å². The van der Waals surface area contributed by atoms with Crippen LogP contribution < -0.4 is 0 Å². The zero-order valence-corrected chi connectivity index (χ0v) is 15.6. The Balaban J connectivity index is 1.35. The van der Waals surface area contributed by atoms with Gasteiger partial charge in [-0.25, -0.2) is 0 Å². The molecule has 0 N–H and O–H groups in total. The molecule has 1 aromatic carbocycles. The molecule has 27 heavy (non-hydrogen) atoms. The number of morpholine rings is 1. The molecule has 2 saturated heterocycles. The minimum atomic E-state index is 0.0690. The van der Waals surface area contributed by atoms with Crippen molar-refractivity contribution in [1.29, 1.82) is 0 Å². The van der Waals surface area contributed by atoms with Crippen molar-refractivity contribution < 1.29 is 9.53 Å². The van der Waals surface area contributed by atoms with E-state index in [2.05, 4.69) is 32.4 Å². The van der Waals surface area contributed by atoms with E-state index in [9.17, 15) is 4.79 Å². The highest BCUT2D eigenvalue weighted by Gasteiger charge is 2.18. The fourth-order valence-electron chi connectivity index (χ4n) is 3.57. The Hall–Kier alpha value is -2.32. The van der Waals surface area contributed by atoms with E-state index >= 15 is 0 Å². The van der Waals surface area contributed by atoms with Gasteiger partial charge >= 0.3 is 0 Å². The topological polar surface area (TPSA) is 76.4 Å². The lowest BCUT2D eigenvalue weighted by Crippen LogP contribution is -2.38. The van der Waals surface area contributed by atoms with Gasteiger partial charge in [0, 0.05) is 38.3 Å². The number of carbonyl (C=O) groups excluding carboxylic acids is 1. The highest BCUT2D eigenvalue weighted by molar-refractivity contribution is 5.75. The number of hydrogen-bond acceptors (Lipinski definition) is 6. The van der Waals surface area contributed by atoms with Gasteiger partial charge in [-0.3, -0.25) is 9.69 Å². The molecule has 2 aliphatic rings. The second kappa shape index (κ2) is 8.58. The number of rotatable bonds is 5. The van der Waals surface area contributed by atoms with Gasteiger partial charge in [-0.15, -0.1) is 10.2 Å². The number of aromatic nitrogens is 4. The fourth-order valence-corrected chi connectivity index (χ4v) is 3.57. The Morgan fingerprint density at radius 2 is 1.74 bits per heavy atom. The van der Waals surface area contributed by atoms with Gasteiger partial charge in [0.1, 0.15) is 6.54 Å². The van der Waals surface area contributed by atoms with E-state index in [1.165, 1.54) is 16.8 Å². The van der Waals surface area contributed by atoms with Crippen molar-refractivity contribution >= 4 is 5.91 Å². The van der Waals surface area contributed by atoms with Gasteiger partial charge in [-0.2, -0.15) is 4.80 Å². The molecule has 4 rings (SSSR count). The van der Waals surface area contributed by atoms with Crippen LogP contribution in [0, 0.1) is 0 Å². The van der Waals surface area contributed by atoms with Crippen LogP contribution in [0.2, 0.25) is 0 Å². The second-order valence-corrected chi connectivity index (χ2v) is 7.17. The monoisotopic (exact) mass is 370 g/mol. The zero-order valence-electron chi connectivity index (χ0n) is 15.6. The van der Waals surface area contributed by atoms with Crippen LogP contribution in [0.3, 0.4) is 0 Å². The van der Waals surface area contributed by atoms with Crippen LogP contribution in [0.5, 0.6) is 0 Å². The third kappa shape index (κ3) is 4.70. The Morgan fingerprint density at radius 3 is 2.48 bits per heavy atom. The molecule has 144 valence electrons. The Kier molecular flexibility index (Phi) is 5.74. The molecule has 0 atom stereocenters. The number of tetrazole rings is 1. The molecule has 2 fully saturated rings. The predicted molar refractivity (Wildman–Crippen MR) is 99.8 cm³/mol. The third-order valence-electron chi connectivity index (χ3n) is 5.16. The Morgan fingerprint density at radius 1 is 1.00 bits per heavy atom. The van der Waals surface area contributed by atoms with Crippen molar-refractivity contribution in [3.63, 3.8) is 0 Å². The normalized spacial score (nSPS) is 18.6. The van der Waals surface area contributed by atoms with Crippen LogP contribution in [-0.2, 0) is 22.6 Å². The van der Waals surface area contributed by atoms with Gasteiger partial charge in [0.15, 0.2) is 0 Å². The number of amides is 1. The summed E-state index contributed by atoms with van der Waals surface area (Å²) in [5.41, 5.74) is 2.17. The van der Waals surface area contributed by atoms with E-state index < -0.39 is 0 Å². The van der Waals surface area contributed by atoms with Gasteiger partial charge < -0.3 is 9.64 Å². The first-order chi connectivity index (χ1) is 13.3. The maximum atomic E-state index is 12.3. The molecular weight excluding hydrogens is 344 g/mol. The van der Waals surface area contributed by atoms with Crippen molar-refractivity contribution in [2.75, 3.05) is 39.4 Å². The van der Waals surface area contributed by atoms with E-state index in [1.54, 1.807) is 0 Å². The number of benzene rings is 1. The zero-order chi connectivity index (χ0) is 18.5. The summed E-state index contributed by atoms with van der Waals surface area (Å²) in [6.07, 6.45) is 3.37. The predicted octanol–water partition coefficient (Wildman–Crippen LogP) is 1.18. The summed E-state index contributed by atoms with van der Waals surface area (Å²) in [4.78, 5) is 18.0. The molecule has 8 heteroatoms. The summed E-state index contributed by atoms with van der Waals surface area (Å²) in [7, 11) is 0. The van der Waals surface area contributed by atoms with Crippen molar-refractivity contribution in [3.8, 4) is 11.4 Å². The number of ether oxygens (including phenoxy) is 1. The van der Waals surface area contributed by atoms with Crippen molar-refractivity contribution in [2.45, 2.75) is 32.4 Å². The maximum absolute atomic E-state index is 12.3. The molecule has 1 amide bonds. The van der Waals surface area contributed by atoms with Crippen LogP contribution in [0.25, 0.3) is 11.4 Å². The first-order valence-electron chi connectivity index (χ1n) is 9.73. The molecule has 0 bridgehead atoms. The van der Waals surface area contributed by atoms with E-state index in [0.29, 0.717) is 5.82 Å². The average Bonchev–Trinajstić information content (AvgIpc) is 3.18. The van der Waals surface area contributed by atoms with Crippen LogP contribution in [0.1, 0.15) is 24.8 Å². The molecule has 8 nitrogen and oxygen atoms in total. The second-order valence-electron chi connectivity index (χ2n) is 7.17. The molecule has 0 radical (unpaired) electrons. The summed E-state index contributed by atoms with van der Waals surface area (Å²) in [5, 5.41) is 12.5. The first-order valence-corrected chi connectivity index (χ1v) is 9.73. The summed E-state index contributed by atoms with van der Waals surface area (Å²) in [5.74, 6) is 0.624. The van der Waals surface area contributed by atoms with E-state index in [0.717, 1.165) is 64.3 Å². The molecule has 2 aliphatic heterocycles.